The lowest BCUT2D eigenvalue weighted by Crippen LogP contribution is -2.26. The van der Waals surface area contributed by atoms with Crippen molar-refractivity contribution in [3.8, 4) is 5.75 Å². The van der Waals surface area contributed by atoms with Crippen LogP contribution < -0.4 is 15.4 Å². The number of rotatable bonds is 6. The van der Waals surface area contributed by atoms with Crippen LogP contribution in [-0.2, 0) is 12.8 Å². The lowest BCUT2D eigenvalue weighted by molar-refractivity contribution is 0.262. The van der Waals surface area contributed by atoms with E-state index in [1.165, 1.54) is 30.4 Å². The fraction of sp³-hybridized carbons (Fsp3) is 0.423. The first-order valence-corrected chi connectivity index (χ1v) is 11.4. The van der Waals surface area contributed by atoms with Crippen LogP contribution in [0.1, 0.15) is 43.2 Å². The van der Waals surface area contributed by atoms with Gasteiger partial charge < -0.3 is 20.3 Å². The first-order chi connectivity index (χ1) is 15.0. The highest BCUT2D eigenvalue weighted by Gasteiger charge is 2.19. The molecule has 5 heteroatoms. The van der Waals surface area contributed by atoms with Gasteiger partial charge in [-0.2, -0.15) is 0 Å². The maximum absolute atomic E-state index is 12.5. The molecule has 0 radical (unpaired) electrons. The highest BCUT2D eigenvalue weighted by atomic mass is 16.5. The molecule has 2 aromatic carbocycles. The number of hydrogen-bond acceptors (Lipinski definition) is 3. The molecule has 0 aliphatic heterocycles. The summed E-state index contributed by atoms with van der Waals surface area (Å²) in [6.07, 6.45) is 10.1. The van der Waals surface area contributed by atoms with Gasteiger partial charge in [0.1, 0.15) is 11.5 Å². The molecule has 0 bridgehead atoms. The molecule has 2 N–H and O–H groups in total. The minimum atomic E-state index is -0.232. The summed E-state index contributed by atoms with van der Waals surface area (Å²) in [5.41, 5.74) is 4.34. The van der Waals surface area contributed by atoms with Crippen molar-refractivity contribution in [3.63, 3.8) is 0 Å². The quantitative estimate of drug-likeness (QED) is 0.619. The van der Waals surface area contributed by atoms with Crippen molar-refractivity contribution in [3.05, 3.63) is 65.4 Å². The van der Waals surface area contributed by atoms with E-state index in [4.69, 9.17) is 4.74 Å². The van der Waals surface area contributed by atoms with Crippen LogP contribution in [0.3, 0.4) is 0 Å². The number of carbonyl (C=O) groups excluding carboxylic acids is 1. The number of ether oxygens (including phenoxy) is 1. The van der Waals surface area contributed by atoms with E-state index in [1.807, 2.05) is 30.3 Å². The van der Waals surface area contributed by atoms with Crippen molar-refractivity contribution in [2.45, 2.75) is 44.9 Å². The van der Waals surface area contributed by atoms with E-state index in [9.17, 15) is 4.79 Å². The van der Waals surface area contributed by atoms with Crippen LogP contribution in [-0.4, -0.2) is 31.6 Å². The van der Waals surface area contributed by atoms with E-state index in [2.05, 4.69) is 47.8 Å². The molecule has 0 fully saturated rings. The largest absolute Gasteiger partial charge is 0.462 e. The fourth-order valence-corrected chi connectivity index (χ4v) is 4.53. The Balaban J connectivity index is 1.30. The Bertz CT molecular complexity index is 934. The van der Waals surface area contributed by atoms with E-state index in [1.54, 1.807) is 0 Å². The Labute approximate surface area is 185 Å². The zero-order chi connectivity index (χ0) is 21.6. The van der Waals surface area contributed by atoms with Gasteiger partial charge >= 0.3 is 6.03 Å². The average Bonchev–Trinajstić information content (AvgIpc) is 2.75. The molecule has 2 amide bonds. The lowest BCUT2D eigenvalue weighted by Gasteiger charge is -2.27. The molecule has 1 unspecified atom stereocenters. The smallest absolute Gasteiger partial charge is 0.323 e. The zero-order valence-electron chi connectivity index (χ0n) is 18.6. The van der Waals surface area contributed by atoms with Crippen molar-refractivity contribution < 1.29 is 9.53 Å². The third-order valence-electron chi connectivity index (χ3n) is 6.03. The Hall–Kier alpha value is -2.79. The number of fused-ring (bicyclic) bond motifs is 1. The molecule has 2 aliphatic carbocycles. The van der Waals surface area contributed by atoms with Gasteiger partial charge in [0.15, 0.2) is 0 Å². The summed E-state index contributed by atoms with van der Waals surface area (Å²) in [6, 6.07) is 13.6. The molecule has 2 aliphatic rings. The first-order valence-electron chi connectivity index (χ1n) is 11.4. The molecule has 0 spiro atoms. The van der Waals surface area contributed by atoms with Gasteiger partial charge in [-0.05, 0) is 112 Å². The fourth-order valence-electron chi connectivity index (χ4n) is 4.53. The molecular formula is C26H33N3O2. The molecular weight excluding hydrogens is 386 g/mol. The third kappa shape index (κ3) is 6.11. The molecule has 1 atom stereocenters. The summed E-state index contributed by atoms with van der Waals surface area (Å²) in [7, 11) is 4.27. The minimum absolute atomic E-state index is 0.232. The van der Waals surface area contributed by atoms with E-state index < -0.39 is 0 Å². The van der Waals surface area contributed by atoms with Crippen molar-refractivity contribution in [2.24, 2.45) is 5.92 Å². The summed E-state index contributed by atoms with van der Waals surface area (Å²) >= 11 is 0. The number of urea groups is 1. The molecule has 0 heterocycles. The number of nitrogens with zero attached hydrogens (tertiary/aromatic N) is 1. The van der Waals surface area contributed by atoms with Crippen LogP contribution in [0.25, 0.3) is 0 Å². The Morgan fingerprint density at radius 3 is 2.52 bits per heavy atom. The summed E-state index contributed by atoms with van der Waals surface area (Å²) < 4.78 is 5.92. The van der Waals surface area contributed by atoms with Crippen LogP contribution >= 0.6 is 0 Å². The minimum Gasteiger partial charge on any atom is -0.462 e. The highest BCUT2D eigenvalue weighted by molar-refractivity contribution is 5.99. The van der Waals surface area contributed by atoms with Crippen LogP contribution in [0, 0.1) is 5.92 Å². The van der Waals surface area contributed by atoms with E-state index in [0.29, 0.717) is 5.92 Å². The summed E-state index contributed by atoms with van der Waals surface area (Å²) in [4.78, 5) is 14.7. The number of amides is 2. The van der Waals surface area contributed by atoms with Gasteiger partial charge in [0.2, 0.25) is 0 Å². The van der Waals surface area contributed by atoms with Gasteiger partial charge in [-0.3, -0.25) is 0 Å². The van der Waals surface area contributed by atoms with E-state index in [-0.39, 0.29) is 6.03 Å². The molecule has 164 valence electrons. The molecule has 0 saturated carbocycles. The molecule has 31 heavy (non-hydrogen) atoms. The number of allylic oxidation sites excluding steroid dienone is 2. The number of carbonyl (C=O) groups is 1. The molecule has 5 nitrogen and oxygen atoms in total. The monoisotopic (exact) mass is 419 g/mol. The molecule has 0 saturated heterocycles. The normalized spacial score (nSPS) is 18.2. The lowest BCUT2D eigenvalue weighted by atomic mass is 9.83. The van der Waals surface area contributed by atoms with Gasteiger partial charge in [0, 0.05) is 24.3 Å². The second kappa shape index (κ2) is 10.0. The van der Waals surface area contributed by atoms with Crippen molar-refractivity contribution in [1.82, 2.24) is 4.90 Å². The molecule has 4 rings (SSSR count). The highest BCUT2D eigenvalue weighted by Crippen LogP contribution is 2.28. The number of nitrogens with one attached hydrogen (secondary N) is 2. The SMILES string of the molecule is CN(C)CC1CCc2cc(NC(=O)Nc3ccc(OC4=CCCCC4)cc3)ccc2C1. The molecule has 0 aromatic heterocycles. The van der Waals surface area contributed by atoms with Crippen LogP contribution in [0.4, 0.5) is 16.2 Å². The maximum atomic E-state index is 12.5. The first kappa shape index (κ1) is 21.4. The Morgan fingerprint density at radius 1 is 1.00 bits per heavy atom. The maximum Gasteiger partial charge on any atom is 0.323 e. The van der Waals surface area contributed by atoms with Gasteiger partial charge in [-0.25, -0.2) is 4.79 Å². The third-order valence-corrected chi connectivity index (χ3v) is 6.03. The summed E-state index contributed by atoms with van der Waals surface area (Å²) in [6.45, 7) is 1.13. The number of aryl methyl sites for hydroxylation is 1. The van der Waals surface area contributed by atoms with Gasteiger partial charge in [-0.1, -0.05) is 6.07 Å². The van der Waals surface area contributed by atoms with Gasteiger partial charge in [-0.15, -0.1) is 0 Å². The summed E-state index contributed by atoms with van der Waals surface area (Å²) in [5.74, 6) is 2.57. The van der Waals surface area contributed by atoms with E-state index >= 15 is 0 Å². The van der Waals surface area contributed by atoms with Crippen molar-refractivity contribution in [1.29, 1.82) is 0 Å². The van der Waals surface area contributed by atoms with Crippen LogP contribution in [0.5, 0.6) is 5.75 Å². The number of benzene rings is 2. The van der Waals surface area contributed by atoms with Gasteiger partial charge in [0.25, 0.3) is 0 Å². The Morgan fingerprint density at radius 2 is 1.77 bits per heavy atom. The zero-order valence-corrected chi connectivity index (χ0v) is 18.6. The predicted molar refractivity (Wildman–Crippen MR) is 127 cm³/mol. The predicted octanol–water partition coefficient (Wildman–Crippen LogP) is 5.83. The second-order valence-corrected chi connectivity index (χ2v) is 8.98. The standard InChI is InChI=1S/C26H33N3O2/c1-29(2)18-19-8-9-21-17-23(11-10-20(21)16-19)28-26(30)27-22-12-14-25(15-13-22)31-24-6-4-3-5-7-24/h6,10-15,17,19H,3-5,7-9,16,18H2,1-2H3,(H2,27,28,30). The van der Waals surface area contributed by atoms with Crippen LogP contribution in [0.2, 0.25) is 0 Å². The van der Waals surface area contributed by atoms with Crippen molar-refractivity contribution >= 4 is 17.4 Å². The van der Waals surface area contributed by atoms with Crippen molar-refractivity contribution in [2.75, 3.05) is 31.3 Å². The molecule has 2 aromatic rings. The Kier molecular flexibility index (Phi) is 6.92. The average molecular weight is 420 g/mol. The number of hydrogen-bond donors (Lipinski definition) is 2. The number of anilines is 2. The second-order valence-electron chi connectivity index (χ2n) is 8.98. The van der Waals surface area contributed by atoms with Crippen LogP contribution in [0.15, 0.2) is 54.3 Å². The van der Waals surface area contributed by atoms with Gasteiger partial charge in [0.05, 0.1) is 0 Å². The topological polar surface area (TPSA) is 53.6 Å². The van der Waals surface area contributed by atoms with E-state index in [0.717, 1.165) is 55.1 Å². The summed E-state index contributed by atoms with van der Waals surface area (Å²) in [5, 5.41) is 5.87.